The van der Waals surface area contributed by atoms with Crippen LogP contribution in [0.3, 0.4) is 0 Å². The van der Waals surface area contributed by atoms with E-state index >= 15 is 0 Å². The number of fused-ring (bicyclic) bond motifs is 1. The first kappa shape index (κ1) is 13.5. The molecule has 3 aromatic rings. The fourth-order valence-corrected chi connectivity index (χ4v) is 3.30. The van der Waals surface area contributed by atoms with Gasteiger partial charge in [0.05, 0.1) is 6.20 Å². The maximum atomic E-state index is 4.41. The van der Waals surface area contributed by atoms with Crippen molar-refractivity contribution < 1.29 is 0 Å². The normalized spacial score (nSPS) is 17.3. The highest BCUT2D eigenvalue weighted by atomic mass is 15.3. The third kappa shape index (κ3) is 2.50. The van der Waals surface area contributed by atoms with Crippen molar-refractivity contribution in [1.29, 1.82) is 0 Å². The lowest BCUT2D eigenvalue weighted by Gasteiger charge is -2.30. The molecule has 4 rings (SSSR count). The molecule has 0 saturated carbocycles. The van der Waals surface area contributed by atoms with E-state index in [4.69, 9.17) is 0 Å². The van der Waals surface area contributed by atoms with Gasteiger partial charge in [-0.1, -0.05) is 6.07 Å². The maximum absolute atomic E-state index is 4.41. The third-order valence-corrected chi connectivity index (χ3v) is 4.46. The zero-order chi connectivity index (χ0) is 14.9. The van der Waals surface area contributed by atoms with Crippen LogP contribution in [0.2, 0.25) is 0 Å². The molecule has 0 bridgehead atoms. The number of likely N-dealkylation sites (tertiary alicyclic amines) is 1. The Morgan fingerprint density at radius 2 is 2.05 bits per heavy atom. The van der Waals surface area contributed by atoms with E-state index in [1.54, 1.807) is 0 Å². The summed E-state index contributed by atoms with van der Waals surface area (Å²) in [7, 11) is 1.96. The van der Waals surface area contributed by atoms with Gasteiger partial charge in [0.1, 0.15) is 5.82 Å². The molecule has 3 aromatic heterocycles. The first-order chi connectivity index (χ1) is 10.8. The third-order valence-electron chi connectivity index (χ3n) is 4.46. The molecular weight excluding hydrogens is 276 g/mol. The second-order valence-electron chi connectivity index (χ2n) is 6.06. The Morgan fingerprint density at radius 3 is 2.82 bits per heavy atom. The number of aromatic nitrogens is 5. The van der Waals surface area contributed by atoms with E-state index in [1.807, 2.05) is 36.1 Å². The Hall–Kier alpha value is -2.21. The van der Waals surface area contributed by atoms with Gasteiger partial charge >= 0.3 is 0 Å². The Kier molecular flexibility index (Phi) is 3.38. The molecule has 0 unspecified atom stereocenters. The summed E-state index contributed by atoms with van der Waals surface area (Å²) in [5, 5.41) is 12.9. The average Bonchev–Trinajstić information content (AvgIpc) is 3.14. The smallest absolute Gasteiger partial charge is 0.160 e. The largest absolute Gasteiger partial charge is 0.299 e. The number of hydrogen-bond acceptors (Lipinski definition) is 4. The molecule has 0 amide bonds. The van der Waals surface area contributed by atoms with Gasteiger partial charge in [0, 0.05) is 37.5 Å². The minimum atomic E-state index is 0.502. The molecule has 0 radical (unpaired) electrons. The van der Waals surface area contributed by atoms with Crippen LogP contribution in [0, 0.1) is 0 Å². The summed E-state index contributed by atoms with van der Waals surface area (Å²) in [4.78, 5) is 2.50. The SMILES string of the molecule is Cn1cc(CN2CCC(c3nnc4ccccn34)CC2)cn1. The molecule has 6 nitrogen and oxygen atoms in total. The zero-order valence-electron chi connectivity index (χ0n) is 12.8. The lowest BCUT2D eigenvalue weighted by atomic mass is 9.96. The quantitative estimate of drug-likeness (QED) is 0.740. The van der Waals surface area contributed by atoms with E-state index in [0.717, 1.165) is 43.9 Å². The van der Waals surface area contributed by atoms with Crippen molar-refractivity contribution in [3.8, 4) is 0 Å². The van der Waals surface area contributed by atoms with Gasteiger partial charge in [0.15, 0.2) is 5.65 Å². The molecular formula is C16H20N6. The van der Waals surface area contributed by atoms with Crippen molar-refractivity contribution in [2.45, 2.75) is 25.3 Å². The number of nitrogens with zero attached hydrogens (tertiary/aromatic N) is 6. The fraction of sp³-hybridized carbons (Fsp3) is 0.438. The van der Waals surface area contributed by atoms with Gasteiger partial charge in [0.25, 0.3) is 0 Å². The summed E-state index contributed by atoms with van der Waals surface area (Å²) in [6, 6.07) is 6.05. The predicted molar refractivity (Wildman–Crippen MR) is 83.4 cm³/mol. The van der Waals surface area contributed by atoms with Crippen LogP contribution in [0.4, 0.5) is 0 Å². The van der Waals surface area contributed by atoms with E-state index in [2.05, 4.69) is 37.0 Å². The molecule has 0 aliphatic carbocycles. The van der Waals surface area contributed by atoms with Crippen LogP contribution < -0.4 is 0 Å². The summed E-state index contributed by atoms with van der Waals surface area (Å²) in [5.41, 5.74) is 2.23. The van der Waals surface area contributed by atoms with Crippen molar-refractivity contribution in [2.24, 2.45) is 7.05 Å². The first-order valence-electron chi connectivity index (χ1n) is 7.79. The maximum Gasteiger partial charge on any atom is 0.160 e. The van der Waals surface area contributed by atoms with E-state index in [9.17, 15) is 0 Å². The monoisotopic (exact) mass is 296 g/mol. The van der Waals surface area contributed by atoms with Crippen LogP contribution in [0.5, 0.6) is 0 Å². The van der Waals surface area contributed by atoms with Crippen LogP contribution >= 0.6 is 0 Å². The Morgan fingerprint density at radius 1 is 1.18 bits per heavy atom. The highest BCUT2D eigenvalue weighted by Gasteiger charge is 2.24. The van der Waals surface area contributed by atoms with Gasteiger partial charge < -0.3 is 0 Å². The van der Waals surface area contributed by atoms with Crippen LogP contribution in [0.1, 0.15) is 30.1 Å². The van der Waals surface area contributed by atoms with Crippen LogP contribution in [-0.4, -0.2) is 42.4 Å². The summed E-state index contributed by atoms with van der Waals surface area (Å²) in [5.74, 6) is 1.61. The molecule has 1 aliphatic rings. The second-order valence-corrected chi connectivity index (χ2v) is 6.06. The molecule has 1 aliphatic heterocycles. The molecule has 22 heavy (non-hydrogen) atoms. The van der Waals surface area contributed by atoms with Gasteiger partial charge in [0.2, 0.25) is 0 Å². The van der Waals surface area contributed by atoms with Crippen molar-refractivity contribution >= 4 is 5.65 Å². The molecule has 0 spiro atoms. The Bertz CT molecular complexity index is 766. The fourth-order valence-electron chi connectivity index (χ4n) is 3.30. The number of rotatable bonds is 3. The molecule has 0 atom stereocenters. The topological polar surface area (TPSA) is 51.2 Å². The molecule has 114 valence electrons. The van der Waals surface area contributed by atoms with Crippen molar-refractivity contribution in [3.63, 3.8) is 0 Å². The van der Waals surface area contributed by atoms with Gasteiger partial charge in [-0.15, -0.1) is 10.2 Å². The number of hydrogen-bond donors (Lipinski definition) is 0. The summed E-state index contributed by atoms with van der Waals surface area (Å²) < 4.78 is 3.99. The van der Waals surface area contributed by atoms with Crippen molar-refractivity contribution in [2.75, 3.05) is 13.1 Å². The molecule has 0 N–H and O–H groups in total. The molecule has 6 heteroatoms. The Labute approximate surface area is 129 Å². The lowest BCUT2D eigenvalue weighted by Crippen LogP contribution is -2.32. The van der Waals surface area contributed by atoms with Gasteiger partial charge in [-0.25, -0.2) is 0 Å². The van der Waals surface area contributed by atoms with Gasteiger partial charge in [-0.3, -0.25) is 14.0 Å². The van der Waals surface area contributed by atoms with Gasteiger partial charge in [-0.2, -0.15) is 5.10 Å². The minimum Gasteiger partial charge on any atom is -0.299 e. The number of pyridine rings is 1. The van der Waals surface area contributed by atoms with E-state index in [1.165, 1.54) is 5.56 Å². The highest BCUT2D eigenvalue weighted by molar-refractivity contribution is 5.37. The van der Waals surface area contributed by atoms with Gasteiger partial charge in [-0.05, 0) is 38.1 Å². The van der Waals surface area contributed by atoms with Crippen LogP contribution in [-0.2, 0) is 13.6 Å². The van der Waals surface area contributed by atoms with Crippen LogP contribution in [0.25, 0.3) is 5.65 Å². The van der Waals surface area contributed by atoms with Crippen molar-refractivity contribution in [1.82, 2.24) is 29.3 Å². The standard InChI is InChI=1S/C16H20N6/c1-20-11-13(10-17-20)12-21-8-5-14(6-9-21)16-19-18-15-4-2-3-7-22(15)16/h2-4,7,10-11,14H,5-6,8-9,12H2,1H3. The molecule has 1 saturated heterocycles. The summed E-state index contributed by atoms with van der Waals surface area (Å²) >= 11 is 0. The summed E-state index contributed by atoms with van der Waals surface area (Å²) in [6.45, 7) is 3.18. The van der Waals surface area contributed by atoms with E-state index < -0.39 is 0 Å². The van der Waals surface area contributed by atoms with E-state index in [0.29, 0.717) is 5.92 Å². The van der Waals surface area contributed by atoms with Crippen LogP contribution in [0.15, 0.2) is 36.8 Å². The lowest BCUT2D eigenvalue weighted by molar-refractivity contribution is 0.201. The van der Waals surface area contributed by atoms with Crippen molar-refractivity contribution in [3.05, 3.63) is 48.2 Å². The number of aryl methyl sites for hydroxylation is 1. The van der Waals surface area contributed by atoms with E-state index in [-0.39, 0.29) is 0 Å². The average molecular weight is 296 g/mol. The second kappa shape index (κ2) is 5.53. The Balaban J connectivity index is 1.43. The highest BCUT2D eigenvalue weighted by Crippen LogP contribution is 2.27. The molecule has 1 fully saturated rings. The minimum absolute atomic E-state index is 0.502. The first-order valence-corrected chi connectivity index (χ1v) is 7.79. The zero-order valence-corrected chi connectivity index (χ0v) is 12.8. The molecule has 4 heterocycles. The predicted octanol–water partition coefficient (Wildman–Crippen LogP) is 1.84. The summed E-state index contributed by atoms with van der Waals surface area (Å²) in [6.07, 6.45) is 8.38. The number of piperidine rings is 1. The molecule has 0 aromatic carbocycles.